The molecule has 136 valence electrons. The molecule has 1 saturated heterocycles. The predicted molar refractivity (Wildman–Crippen MR) is 95.1 cm³/mol. The molecule has 0 bridgehead atoms. The largest absolute Gasteiger partial charge is 0.494 e. The topological polar surface area (TPSA) is 67.9 Å². The van der Waals surface area contributed by atoms with Gasteiger partial charge in [0.1, 0.15) is 5.75 Å². The van der Waals surface area contributed by atoms with Gasteiger partial charge in [-0.05, 0) is 30.7 Å². The lowest BCUT2D eigenvalue weighted by Gasteiger charge is -2.19. The van der Waals surface area contributed by atoms with Crippen LogP contribution in [0.1, 0.15) is 12.8 Å². The van der Waals surface area contributed by atoms with Gasteiger partial charge in [-0.1, -0.05) is 12.1 Å². The number of para-hydroxylation sites is 1. The number of carbonyl (C=O) groups is 2. The first kappa shape index (κ1) is 17.7. The lowest BCUT2D eigenvalue weighted by Crippen LogP contribution is -2.24. The third kappa shape index (κ3) is 3.93. The first-order valence-corrected chi connectivity index (χ1v) is 8.24. The minimum atomic E-state index is -0.526. The highest BCUT2D eigenvalue weighted by Crippen LogP contribution is 2.33. The number of amides is 2. The molecule has 2 aromatic carbocycles. The van der Waals surface area contributed by atoms with Gasteiger partial charge in [-0.25, -0.2) is 4.39 Å². The molecule has 1 aliphatic heterocycles. The summed E-state index contributed by atoms with van der Waals surface area (Å²) < 4.78 is 24.0. The number of nitrogens with one attached hydrogen (secondary N) is 1. The lowest BCUT2D eigenvalue weighted by molar-refractivity contribution is -0.118. The first-order valence-electron chi connectivity index (χ1n) is 8.24. The van der Waals surface area contributed by atoms with Crippen molar-refractivity contribution < 1.29 is 23.5 Å². The van der Waals surface area contributed by atoms with E-state index in [1.807, 2.05) is 0 Å². The van der Waals surface area contributed by atoms with Crippen molar-refractivity contribution in [2.45, 2.75) is 12.8 Å². The SMILES string of the molecule is COc1cc(NC(=O)COc2ccccc2F)ccc1N1CCCC1=O. The predicted octanol–water partition coefficient (Wildman–Crippen LogP) is 2.98. The van der Waals surface area contributed by atoms with Gasteiger partial charge in [0, 0.05) is 24.7 Å². The normalized spacial score (nSPS) is 13.6. The van der Waals surface area contributed by atoms with E-state index < -0.39 is 11.7 Å². The zero-order chi connectivity index (χ0) is 18.5. The van der Waals surface area contributed by atoms with Crippen LogP contribution in [0.2, 0.25) is 0 Å². The molecule has 0 unspecified atom stereocenters. The second kappa shape index (κ2) is 7.86. The van der Waals surface area contributed by atoms with E-state index in [4.69, 9.17) is 9.47 Å². The molecule has 1 aliphatic rings. The van der Waals surface area contributed by atoms with Gasteiger partial charge in [-0.3, -0.25) is 9.59 Å². The van der Waals surface area contributed by atoms with E-state index in [1.165, 1.54) is 19.2 Å². The Bertz CT molecular complexity index is 825. The molecule has 2 aromatic rings. The molecule has 26 heavy (non-hydrogen) atoms. The summed E-state index contributed by atoms with van der Waals surface area (Å²) in [6, 6.07) is 10.9. The van der Waals surface area contributed by atoms with Crippen molar-refractivity contribution >= 4 is 23.2 Å². The van der Waals surface area contributed by atoms with Gasteiger partial charge in [0.15, 0.2) is 18.2 Å². The van der Waals surface area contributed by atoms with E-state index >= 15 is 0 Å². The number of methoxy groups -OCH3 is 1. The van der Waals surface area contributed by atoms with Gasteiger partial charge in [0.2, 0.25) is 5.91 Å². The van der Waals surface area contributed by atoms with Crippen LogP contribution in [0.5, 0.6) is 11.5 Å². The summed E-state index contributed by atoms with van der Waals surface area (Å²) in [5.74, 6) is -0.392. The minimum absolute atomic E-state index is 0.0168. The fraction of sp³-hybridized carbons (Fsp3) is 0.263. The van der Waals surface area contributed by atoms with E-state index in [1.54, 1.807) is 35.2 Å². The number of rotatable bonds is 6. The molecule has 3 rings (SSSR count). The zero-order valence-corrected chi connectivity index (χ0v) is 14.3. The average molecular weight is 358 g/mol. The van der Waals surface area contributed by atoms with Gasteiger partial charge in [-0.2, -0.15) is 0 Å². The number of benzene rings is 2. The van der Waals surface area contributed by atoms with Gasteiger partial charge < -0.3 is 19.7 Å². The van der Waals surface area contributed by atoms with E-state index in [2.05, 4.69) is 5.32 Å². The van der Waals surface area contributed by atoms with Crippen LogP contribution in [0.25, 0.3) is 0 Å². The Morgan fingerprint density at radius 3 is 2.73 bits per heavy atom. The third-order valence-electron chi connectivity index (χ3n) is 4.02. The van der Waals surface area contributed by atoms with Gasteiger partial charge in [0.05, 0.1) is 12.8 Å². The van der Waals surface area contributed by atoms with Crippen LogP contribution in [-0.4, -0.2) is 32.1 Å². The molecule has 1 N–H and O–H groups in total. The van der Waals surface area contributed by atoms with E-state index in [-0.39, 0.29) is 18.3 Å². The molecule has 1 fully saturated rings. The summed E-state index contributed by atoms with van der Waals surface area (Å²) in [7, 11) is 1.51. The van der Waals surface area contributed by atoms with Crippen LogP contribution in [0.3, 0.4) is 0 Å². The Balaban J connectivity index is 1.65. The summed E-state index contributed by atoms with van der Waals surface area (Å²) in [6.07, 6.45) is 1.34. The Hall–Kier alpha value is -3.09. The number of anilines is 2. The second-order valence-electron chi connectivity index (χ2n) is 5.80. The molecular weight excluding hydrogens is 339 g/mol. The summed E-state index contributed by atoms with van der Waals surface area (Å²) in [5, 5.41) is 2.67. The molecule has 2 amide bonds. The van der Waals surface area contributed by atoms with E-state index in [9.17, 15) is 14.0 Å². The first-order chi connectivity index (χ1) is 12.6. The Morgan fingerprint density at radius 2 is 2.04 bits per heavy atom. The lowest BCUT2D eigenvalue weighted by atomic mass is 10.2. The summed E-state index contributed by atoms with van der Waals surface area (Å²) in [4.78, 5) is 25.6. The number of carbonyl (C=O) groups excluding carboxylic acids is 2. The number of nitrogens with zero attached hydrogens (tertiary/aromatic N) is 1. The van der Waals surface area contributed by atoms with Crippen molar-refractivity contribution in [2.75, 3.05) is 30.5 Å². The highest BCUT2D eigenvalue weighted by molar-refractivity contribution is 5.98. The molecule has 6 nitrogen and oxygen atoms in total. The van der Waals surface area contributed by atoms with Gasteiger partial charge in [-0.15, -0.1) is 0 Å². The van der Waals surface area contributed by atoms with Crippen molar-refractivity contribution in [3.8, 4) is 11.5 Å². The molecular formula is C19H19FN2O4. The Morgan fingerprint density at radius 1 is 1.23 bits per heavy atom. The smallest absolute Gasteiger partial charge is 0.262 e. The maximum atomic E-state index is 13.5. The minimum Gasteiger partial charge on any atom is -0.494 e. The maximum Gasteiger partial charge on any atom is 0.262 e. The summed E-state index contributed by atoms with van der Waals surface area (Å²) in [6.45, 7) is 0.326. The fourth-order valence-corrected chi connectivity index (χ4v) is 2.78. The molecule has 0 aliphatic carbocycles. The summed E-state index contributed by atoms with van der Waals surface area (Å²) in [5.41, 5.74) is 1.18. The van der Waals surface area contributed by atoms with Crippen molar-refractivity contribution in [1.82, 2.24) is 0 Å². The molecule has 0 atom stereocenters. The highest BCUT2D eigenvalue weighted by atomic mass is 19.1. The molecule has 1 heterocycles. The molecule has 7 heteroatoms. The van der Waals surface area contributed by atoms with E-state index in [0.29, 0.717) is 30.1 Å². The number of ether oxygens (including phenoxy) is 2. The monoisotopic (exact) mass is 358 g/mol. The maximum absolute atomic E-state index is 13.5. The number of hydrogen-bond acceptors (Lipinski definition) is 4. The van der Waals surface area contributed by atoms with Crippen molar-refractivity contribution in [3.63, 3.8) is 0 Å². The quantitative estimate of drug-likeness (QED) is 0.862. The Kier molecular flexibility index (Phi) is 5.36. The van der Waals surface area contributed by atoms with E-state index in [0.717, 1.165) is 6.42 Å². The molecule has 0 radical (unpaired) electrons. The van der Waals surface area contributed by atoms with Crippen LogP contribution in [0.4, 0.5) is 15.8 Å². The number of hydrogen-bond donors (Lipinski definition) is 1. The van der Waals surface area contributed by atoms with Crippen LogP contribution < -0.4 is 19.7 Å². The molecule has 0 saturated carbocycles. The van der Waals surface area contributed by atoms with Crippen molar-refractivity contribution in [3.05, 3.63) is 48.3 Å². The Labute approximate surface area is 150 Å². The molecule has 0 aromatic heterocycles. The third-order valence-corrected chi connectivity index (χ3v) is 4.02. The van der Waals surface area contributed by atoms with Crippen LogP contribution in [0.15, 0.2) is 42.5 Å². The second-order valence-corrected chi connectivity index (χ2v) is 5.80. The highest BCUT2D eigenvalue weighted by Gasteiger charge is 2.24. The zero-order valence-electron chi connectivity index (χ0n) is 14.3. The number of halogens is 1. The van der Waals surface area contributed by atoms with Crippen LogP contribution in [0, 0.1) is 5.82 Å². The van der Waals surface area contributed by atoms with Gasteiger partial charge >= 0.3 is 0 Å². The molecule has 0 spiro atoms. The summed E-state index contributed by atoms with van der Waals surface area (Å²) >= 11 is 0. The van der Waals surface area contributed by atoms with Crippen LogP contribution >= 0.6 is 0 Å². The fourth-order valence-electron chi connectivity index (χ4n) is 2.78. The van der Waals surface area contributed by atoms with Crippen molar-refractivity contribution in [2.24, 2.45) is 0 Å². The average Bonchev–Trinajstić information content (AvgIpc) is 3.06. The van der Waals surface area contributed by atoms with Crippen LogP contribution in [-0.2, 0) is 9.59 Å². The van der Waals surface area contributed by atoms with Gasteiger partial charge in [0.25, 0.3) is 5.91 Å². The van der Waals surface area contributed by atoms with Crippen molar-refractivity contribution in [1.29, 1.82) is 0 Å². The standard InChI is InChI=1S/C19H19FN2O4/c1-25-17-11-13(8-9-15(17)22-10-4-7-19(22)24)21-18(23)12-26-16-6-3-2-5-14(16)20/h2-3,5-6,8-9,11H,4,7,10,12H2,1H3,(H,21,23).